The third-order valence-electron chi connectivity index (χ3n) is 3.38. The monoisotopic (exact) mass is 275 g/mol. The molecular weight excluding hydrogens is 254 g/mol. The van der Waals surface area contributed by atoms with Crippen LogP contribution in [0.3, 0.4) is 0 Å². The molecule has 5 heteroatoms. The maximum absolute atomic E-state index is 11.7. The van der Waals surface area contributed by atoms with Crippen LogP contribution in [0.15, 0.2) is 24.3 Å². The summed E-state index contributed by atoms with van der Waals surface area (Å²) < 4.78 is 0. The molecule has 20 heavy (non-hydrogen) atoms. The predicted octanol–water partition coefficient (Wildman–Crippen LogP) is 2.96. The number of nitrogens with one attached hydrogen (secondary N) is 3. The van der Waals surface area contributed by atoms with Crippen molar-refractivity contribution in [3.63, 3.8) is 0 Å². The van der Waals surface area contributed by atoms with E-state index in [1.807, 2.05) is 13.8 Å². The zero-order valence-electron chi connectivity index (χ0n) is 11.9. The van der Waals surface area contributed by atoms with E-state index in [0.29, 0.717) is 11.7 Å². The summed E-state index contributed by atoms with van der Waals surface area (Å²) in [6.45, 7) is 3.88. The summed E-state index contributed by atoms with van der Waals surface area (Å²) in [6.07, 6.45) is 2.94. The van der Waals surface area contributed by atoms with Crippen molar-refractivity contribution in [2.45, 2.75) is 39.2 Å². The highest BCUT2D eigenvalue weighted by Crippen LogP contribution is 2.19. The lowest BCUT2D eigenvalue weighted by Gasteiger charge is -2.11. The third-order valence-corrected chi connectivity index (χ3v) is 3.38. The Morgan fingerprint density at radius 3 is 2.20 bits per heavy atom. The number of amides is 3. The molecule has 1 saturated carbocycles. The van der Waals surface area contributed by atoms with Gasteiger partial charge in [0.05, 0.1) is 0 Å². The fraction of sp³-hybridized carbons (Fsp3) is 0.467. The normalized spacial score (nSPS) is 15.3. The number of hydrogen-bond acceptors (Lipinski definition) is 2. The second kappa shape index (κ2) is 6.41. The van der Waals surface area contributed by atoms with Crippen LogP contribution in [-0.2, 0) is 4.79 Å². The molecule has 0 spiro atoms. The van der Waals surface area contributed by atoms with Gasteiger partial charge in [-0.25, -0.2) is 4.79 Å². The van der Waals surface area contributed by atoms with Crippen LogP contribution in [0.25, 0.3) is 0 Å². The van der Waals surface area contributed by atoms with Gasteiger partial charge in [0.1, 0.15) is 0 Å². The largest absolute Gasteiger partial charge is 0.335 e. The summed E-state index contributed by atoms with van der Waals surface area (Å²) in [6, 6.07) is 7.28. The van der Waals surface area contributed by atoms with Gasteiger partial charge < -0.3 is 16.0 Å². The number of carbonyl (C=O) groups is 2. The molecule has 1 aromatic carbocycles. The maximum Gasteiger partial charge on any atom is 0.319 e. The molecule has 108 valence electrons. The van der Waals surface area contributed by atoms with E-state index in [9.17, 15) is 9.59 Å². The van der Waals surface area contributed by atoms with Crippen LogP contribution < -0.4 is 16.0 Å². The maximum atomic E-state index is 11.7. The molecule has 0 saturated heterocycles. The Bertz CT molecular complexity index is 480. The zero-order chi connectivity index (χ0) is 14.5. The molecule has 1 aliphatic rings. The smallest absolute Gasteiger partial charge is 0.319 e. The molecular formula is C15H21N3O2. The Balaban J connectivity index is 1.85. The summed E-state index contributed by atoms with van der Waals surface area (Å²) in [5, 5.41) is 8.46. The summed E-state index contributed by atoms with van der Waals surface area (Å²) in [5.41, 5.74) is 1.45. The van der Waals surface area contributed by atoms with Gasteiger partial charge in [0, 0.05) is 23.3 Å². The first-order chi connectivity index (χ1) is 9.58. The average Bonchev–Trinajstić information content (AvgIpc) is 3.23. The van der Waals surface area contributed by atoms with E-state index in [1.54, 1.807) is 24.3 Å². The SMILES string of the molecule is CCC(C)C(=O)Nc1ccc(NC(=O)NC2CC2)cc1. The van der Waals surface area contributed by atoms with Gasteiger partial charge in [0.15, 0.2) is 0 Å². The van der Waals surface area contributed by atoms with Gasteiger partial charge in [-0.2, -0.15) is 0 Å². The Kier molecular flexibility index (Phi) is 4.61. The molecule has 0 aliphatic heterocycles. The highest BCUT2D eigenvalue weighted by molar-refractivity contribution is 5.93. The highest BCUT2D eigenvalue weighted by atomic mass is 16.2. The molecule has 1 aromatic rings. The second-order valence-electron chi connectivity index (χ2n) is 5.25. The van der Waals surface area contributed by atoms with E-state index in [2.05, 4.69) is 16.0 Å². The molecule has 3 amide bonds. The van der Waals surface area contributed by atoms with Crippen molar-refractivity contribution in [2.75, 3.05) is 10.6 Å². The molecule has 0 heterocycles. The van der Waals surface area contributed by atoms with Crippen LogP contribution in [-0.4, -0.2) is 18.0 Å². The minimum Gasteiger partial charge on any atom is -0.335 e. The van der Waals surface area contributed by atoms with Gasteiger partial charge in [-0.15, -0.1) is 0 Å². The first kappa shape index (κ1) is 14.4. The lowest BCUT2D eigenvalue weighted by atomic mass is 10.1. The Labute approximate surface area is 119 Å². The molecule has 0 bridgehead atoms. The number of benzene rings is 1. The summed E-state index contributed by atoms with van der Waals surface area (Å²) in [4.78, 5) is 23.3. The molecule has 0 radical (unpaired) electrons. The van der Waals surface area contributed by atoms with Crippen LogP contribution in [0.2, 0.25) is 0 Å². The van der Waals surface area contributed by atoms with E-state index in [-0.39, 0.29) is 17.9 Å². The van der Waals surface area contributed by atoms with Crippen LogP contribution in [0.5, 0.6) is 0 Å². The molecule has 1 aliphatic carbocycles. The predicted molar refractivity (Wildman–Crippen MR) is 79.7 cm³/mol. The summed E-state index contributed by atoms with van der Waals surface area (Å²) in [5.74, 6) is 0.0109. The molecule has 1 atom stereocenters. The molecule has 3 N–H and O–H groups in total. The van der Waals surface area contributed by atoms with Crippen LogP contribution in [0, 0.1) is 5.92 Å². The minimum atomic E-state index is -0.177. The van der Waals surface area contributed by atoms with Crippen molar-refractivity contribution >= 4 is 23.3 Å². The van der Waals surface area contributed by atoms with Crippen molar-refractivity contribution in [2.24, 2.45) is 5.92 Å². The number of anilines is 2. The topological polar surface area (TPSA) is 70.2 Å². The van der Waals surface area contributed by atoms with Gasteiger partial charge >= 0.3 is 6.03 Å². The average molecular weight is 275 g/mol. The Morgan fingerprint density at radius 1 is 1.15 bits per heavy atom. The van der Waals surface area contributed by atoms with E-state index in [0.717, 1.165) is 24.9 Å². The first-order valence-electron chi connectivity index (χ1n) is 7.07. The van der Waals surface area contributed by atoms with Crippen LogP contribution in [0.1, 0.15) is 33.1 Å². The third kappa shape index (κ3) is 4.26. The molecule has 0 aromatic heterocycles. The highest BCUT2D eigenvalue weighted by Gasteiger charge is 2.23. The first-order valence-corrected chi connectivity index (χ1v) is 7.07. The van der Waals surface area contributed by atoms with Crippen molar-refractivity contribution in [3.05, 3.63) is 24.3 Å². The van der Waals surface area contributed by atoms with E-state index in [1.165, 1.54) is 0 Å². The Hall–Kier alpha value is -2.04. The van der Waals surface area contributed by atoms with E-state index in [4.69, 9.17) is 0 Å². The summed E-state index contributed by atoms with van der Waals surface area (Å²) in [7, 11) is 0. The quantitative estimate of drug-likeness (QED) is 0.773. The van der Waals surface area contributed by atoms with Crippen molar-refractivity contribution in [1.82, 2.24) is 5.32 Å². The lowest BCUT2D eigenvalue weighted by Crippen LogP contribution is -2.30. The summed E-state index contributed by atoms with van der Waals surface area (Å²) >= 11 is 0. The van der Waals surface area contributed by atoms with Gasteiger partial charge in [-0.3, -0.25) is 4.79 Å². The number of carbonyl (C=O) groups excluding carboxylic acids is 2. The standard InChI is InChI=1S/C15H21N3O2/c1-3-10(2)14(19)16-11-4-6-12(7-5-11)17-15(20)18-13-8-9-13/h4-7,10,13H,3,8-9H2,1-2H3,(H,16,19)(H2,17,18,20). The van der Waals surface area contributed by atoms with Gasteiger partial charge in [-0.1, -0.05) is 13.8 Å². The lowest BCUT2D eigenvalue weighted by molar-refractivity contribution is -0.119. The van der Waals surface area contributed by atoms with E-state index < -0.39 is 0 Å². The molecule has 2 rings (SSSR count). The van der Waals surface area contributed by atoms with E-state index >= 15 is 0 Å². The second-order valence-corrected chi connectivity index (χ2v) is 5.25. The van der Waals surface area contributed by atoms with Crippen molar-refractivity contribution in [1.29, 1.82) is 0 Å². The van der Waals surface area contributed by atoms with Gasteiger partial charge in [0.25, 0.3) is 0 Å². The van der Waals surface area contributed by atoms with Gasteiger partial charge in [0.2, 0.25) is 5.91 Å². The number of hydrogen-bond donors (Lipinski definition) is 3. The fourth-order valence-electron chi connectivity index (χ4n) is 1.67. The molecule has 1 unspecified atom stereocenters. The number of rotatable bonds is 5. The Morgan fingerprint density at radius 2 is 1.70 bits per heavy atom. The molecule has 5 nitrogen and oxygen atoms in total. The molecule has 1 fully saturated rings. The zero-order valence-corrected chi connectivity index (χ0v) is 11.9. The minimum absolute atomic E-state index is 0.00267. The fourth-order valence-corrected chi connectivity index (χ4v) is 1.67. The number of urea groups is 1. The van der Waals surface area contributed by atoms with Crippen LogP contribution >= 0.6 is 0 Å². The van der Waals surface area contributed by atoms with Crippen molar-refractivity contribution < 1.29 is 9.59 Å². The van der Waals surface area contributed by atoms with Gasteiger partial charge in [-0.05, 0) is 43.5 Å². The van der Waals surface area contributed by atoms with Crippen molar-refractivity contribution in [3.8, 4) is 0 Å². The van der Waals surface area contributed by atoms with Crippen LogP contribution in [0.4, 0.5) is 16.2 Å².